The van der Waals surface area contributed by atoms with Crippen molar-refractivity contribution in [1.29, 1.82) is 0 Å². The molecule has 2 aromatic carbocycles. The number of sulfone groups is 1. The monoisotopic (exact) mass is 486 g/mol. The quantitative estimate of drug-likeness (QED) is 0.434. The van der Waals surface area contributed by atoms with Gasteiger partial charge in [0.1, 0.15) is 28.9 Å². The molecule has 33 heavy (non-hydrogen) atoms. The number of rotatable bonds is 4. The van der Waals surface area contributed by atoms with Gasteiger partial charge in [0.05, 0.1) is 17.1 Å². The standard InChI is InChI=1S/C23H20ClFN4O3S/c1-33(30,31)19-11-26-22(27-12-19)14-28-6-7-32-23-16(13-28)9-18(10-20(23)24)29-5-4-15-8-17(25)2-3-21(15)29/h2-5,8-12H,6-7,13-14H2,1H3. The molecule has 0 amide bonds. The second-order valence-corrected chi connectivity index (χ2v) is 10.4. The van der Waals surface area contributed by atoms with E-state index in [2.05, 4.69) is 14.9 Å². The first kappa shape index (κ1) is 21.8. The van der Waals surface area contributed by atoms with Crippen LogP contribution in [0.25, 0.3) is 16.6 Å². The molecule has 0 N–H and O–H groups in total. The van der Waals surface area contributed by atoms with Gasteiger partial charge in [0.2, 0.25) is 0 Å². The van der Waals surface area contributed by atoms with Crippen LogP contribution in [0.4, 0.5) is 4.39 Å². The SMILES string of the molecule is CS(=O)(=O)c1cnc(CN2CCOc3c(Cl)cc(-n4ccc5cc(F)ccc54)cc3C2)nc1. The zero-order chi connectivity index (χ0) is 23.2. The lowest BCUT2D eigenvalue weighted by Crippen LogP contribution is -2.26. The molecule has 10 heteroatoms. The van der Waals surface area contributed by atoms with Crippen LogP contribution < -0.4 is 4.74 Å². The third-order valence-electron chi connectivity index (χ3n) is 5.56. The molecule has 0 spiro atoms. The van der Waals surface area contributed by atoms with Crippen molar-refractivity contribution in [2.75, 3.05) is 19.4 Å². The van der Waals surface area contributed by atoms with Gasteiger partial charge in [-0.05, 0) is 36.4 Å². The van der Waals surface area contributed by atoms with Crippen molar-refractivity contribution in [1.82, 2.24) is 19.4 Å². The summed E-state index contributed by atoms with van der Waals surface area (Å²) in [5, 5.41) is 1.30. The van der Waals surface area contributed by atoms with Gasteiger partial charge in [-0.3, -0.25) is 4.90 Å². The summed E-state index contributed by atoms with van der Waals surface area (Å²) in [6.07, 6.45) is 5.67. The van der Waals surface area contributed by atoms with Crippen LogP contribution in [0.2, 0.25) is 5.02 Å². The highest BCUT2D eigenvalue weighted by Crippen LogP contribution is 2.35. The first-order chi connectivity index (χ1) is 15.8. The van der Waals surface area contributed by atoms with E-state index in [1.54, 1.807) is 6.07 Å². The van der Waals surface area contributed by atoms with E-state index in [9.17, 15) is 12.8 Å². The molecule has 1 aliphatic heterocycles. The molecular weight excluding hydrogens is 467 g/mol. The summed E-state index contributed by atoms with van der Waals surface area (Å²) in [6.45, 7) is 2.05. The maximum absolute atomic E-state index is 13.6. The van der Waals surface area contributed by atoms with Crippen LogP contribution >= 0.6 is 11.6 Å². The Morgan fingerprint density at radius 3 is 2.70 bits per heavy atom. The van der Waals surface area contributed by atoms with E-state index in [0.29, 0.717) is 42.8 Å². The lowest BCUT2D eigenvalue weighted by atomic mass is 10.1. The summed E-state index contributed by atoms with van der Waals surface area (Å²) < 4.78 is 44.8. The zero-order valence-electron chi connectivity index (χ0n) is 17.7. The second-order valence-electron chi connectivity index (χ2n) is 7.97. The zero-order valence-corrected chi connectivity index (χ0v) is 19.3. The Morgan fingerprint density at radius 2 is 1.94 bits per heavy atom. The molecule has 0 fully saturated rings. The van der Waals surface area contributed by atoms with Gasteiger partial charge in [-0.2, -0.15) is 0 Å². The normalized spacial score (nSPS) is 14.6. The van der Waals surface area contributed by atoms with E-state index in [0.717, 1.165) is 28.4 Å². The van der Waals surface area contributed by atoms with Crippen molar-refractivity contribution < 1.29 is 17.5 Å². The number of nitrogens with zero attached hydrogens (tertiary/aromatic N) is 4. The van der Waals surface area contributed by atoms with Gasteiger partial charge in [-0.15, -0.1) is 0 Å². The molecule has 2 aromatic heterocycles. The van der Waals surface area contributed by atoms with Crippen LogP contribution in [0.15, 0.2) is 59.9 Å². The van der Waals surface area contributed by atoms with Gasteiger partial charge in [0.15, 0.2) is 9.84 Å². The van der Waals surface area contributed by atoms with Gasteiger partial charge >= 0.3 is 0 Å². The van der Waals surface area contributed by atoms with Crippen molar-refractivity contribution in [3.05, 3.63) is 77.2 Å². The van der Waals surface area contributed by atoms with Gasteiger partial charge in [0, 0.05) is 54.6 Å². The molecule has 0 radical (unpaired) electrons. The molecule has 0 saturated carbocycles. The molecule has 4 aromatic rings. The minimum absolute atomic E-state index is 0.0889. The third-order valence-corrected chi connectivity index (χ3v) is 6.91. The Balaban J connectivity index is 1.44. The van der Waals surface area contributed by atoms with Gasteiger partial charge < -0.3 is 9.30 Å². The first-order valence-corrected chi connectivity index (χ1v) is 12.5. The smallest absolute Gasteiger partial charge is 0.178 e. The molecule has 0 saturated heterocycles. The van der Waals surface area contributed by atoms with E-state index in [1.807, 2.05) is 29.0 Å². The number of benzene rings is 2. The Morgan fingerprint density at radius 1 is 1.15 bits per heavy atom. The number of fused-ring (bicyclic) bond motifs is 2. The molecule has 0 unspecified atom stereocenters. The molecule has 0 bridgehead atoms. The summed E-state index contributed by atoms with van der Waals surface area (Å²) in [6, 6.07) is 10.4. The number of ether oxygens (including phenoxy) is 1. The molecule has 170 valence electrons. The predicted molar refractivity (Wildman–Crippen MR) is 123 cm³/mol. The lowest BCUT2D eigenvalue weighted by molar-refractivity contribution is 0.215. The minimum atomic E-state index is -3.34. The van der Waals surface area contributed by atoms with Gasteiger partial charge in [0.25, 0.3) is 0 Å². The van der Waals surface area contributed by atoms with Crippen molar-refractivity contribution >= 4 is 32.3 Å². The second kappa shape index (κ2) is 8.40. The predicted octanol–water partition coefficient (Wildman–Crippen LogP) is 4.01. The van der Waals surface area contributed by atoms with Crippen LogP contribution in [0.3, 0.4) is 0 Å². The highest BCUT2D eigenvalue weighted by Gasteiger charge is 2.21. The highest BCUT2D eigenvalue weighted by molar-refractivity contribution is 7.90. The molecule has 0 aliphatic carbocycles. The number of hydrogen-bond donors (Lipinski definition) is 0. The largest absolute Gasteiger partial charge is 0.490 e. The first-order valence-electron chi connectivity index (χ1n) is 10.2. The van der Waals surface area contributed by atoms with Crippen molar-refractivity contribution in [3.8, 4) is 11.4 Å². The fraction of sp³-hybridized carbons (Fsp3) is 0.217. The van der Waals surface area contributed by atoms with Crippen molar-refractivity contribution in [2.45, 2.75) is 18.0 Å². The van der Waals surface area contributed by atoms with E-state index in [4.69, 9.17) is 16.3 Å². The topological polar surface area (TPSA) is 77.3 Å². The Bertz CT molecular complexity index is 1450. The lowest BCUT2D eigenvalue weighted by Gasteiger charge is -2.19. The van der Waals surface area contributed by atoms with E-state index < -0.39 is 9.84 Å². The Kier molecular flexibility index (Phi) is 5.55. The minimum Gasteiger partial charge on any atom is -0.490 e. The average Bonchev–Trinajstić information content (AvgIpc) is 3.06. The van der Waals surface area contributed by atoms with Crippen LogP contribution in [-0.4, -0.2) is 47.3 Å². The fourth-order valence-corrected chi connectivity index (χ4v) is 4.72. The number of halogens is 2. The Hall–Kier alpha value is -3.01. The number of hydrogen-bond acceptors (Lipinski definition) is 6. The van der Waals surface area contributed by atoms with E-state index >= 15 is 0 Å². The summed E-state index contributed by atoms with van der Waals surface area (Å²) in [5.74, 6) is 0.876. The highest BCUT2D eigenvalue weighted by atomic mass is 35.5. The third kappa shape index (κ3) is 4.44. The fourth-order valence-electron chi connectivity index (χ4n) is 3.94. The average molecular weight is 487 g/mol. The molecular formula is C23H20ClFN4O3S. The van der Waals surface area contributed by atoms with Gasteiger partial charge in [-0.25, -0.2) is 22.8 Å². The summed E-state index contributed by atoms with van der Waals surface area (Å²) in [4.78, 5) is 10.6. The van der Waals surface area contributed by atoms with Crippen molar-refractivity contribution in [3.63, 3.8) is 0 Å². The van der Waals surface area contributed by atoms with Crippen LogP contribution in [0, 0.1) is 5.82 Å². The maximum atomic E-state index is 13.6. The Labute approximate surface area is 195 Å². The van der Waals surface area contributed by atoms with Crippen molar-refractivity contribution in [2.24, 2.45) is 0 Å². The molecule has 0 atom stereocenters. The van der Waals surface area contributed by atoms with Gasteiger partial charge in [-0.1, -0.05) is 11.6 Å². The summed E-state index contributed by atoms with van der Waals surface area (Å²) >= 11 is 6.58. The van der Waals surface area contributed by atoms with Crippen LogP contribution in [-0.2, 0) is 22.9 Å². The maximum Gasteiger partial charge on any atom is 0.178 e. The summed E-state index contributed by atoms with van der Waals surface area (Å²) in [5.41, 5.74) is 2.63. The van der Waals surface area contributed by atoms with Crippen LogP contribution in [0.5, 0.6) is 5.75 Å². The molecule has 7 nitrogen and oxygen atoms in total. The van der Waals surface area contributed by atoms with E-state index in [1.165, 1.54) is 24.5 Å². The summed E-state index contributed by atoms with van der Waals surface area (Å²) in [7, 11) is -3.34. The molecule has 5 rings (SSSR count). The van der Waals surface area contributed by atoms with Crippen LogP contribution in [0.1, 0.15) is 11.4 Å². The molecule has 1 aliphatic rings. The molecule has 3 heterocycles. The number of aromatic nitrogens is 3. The van der Waals surface area contributed by atoms with E-state index in [-0.39, 0.29) is 10.7 Å².